The molecule has 20 heavy (non-hydrogen) atoms. The fourth-order valence-electron chi connectivity index (χ4n) is 2.46. The molecule has 0 radical (unpaired) electrons. The Kier molecular flexibility index (Phi) is 3.84. The van der Waals surface area contributed by atoms with Gasteiger partial charge < -0.3 is 0 Å². The minimum absolute atomic E-state index is 0.0982. The first-order valence-electron chi connectivity index (χ1n) is 6.87. The SMILES string of the molecule is CC(C)(C)c1ccncc1CC(C)(C)c1cnncn1. The molecule has 0 saturated carbocycles. The predicted molar refractivity (Wildman–Crippen MR) is 79.5 cm³/mol. The molecule has 0 unspecified atom stereocenters. The van der Waals surface area contributed by atoms with Gasteiger partial charge in [0.05, 0.1) is 11.9 Å². The summed E-state index contributed by atoms with van der Waals surface area (Å²) in [6.45, 7) is 11.0. The summed E-state index contributed by atoms with van der Waals surface area (Å²) in [4.78, 5) is 8.63. The molecule has 106 valence electrons. The first-order chi connectivity index (χ1) is 9.31. The lowest BCUT2D eigenvalue weighted by Gasteiger charge is -2.28. The largest absolute Gasteiger partial charge is 0.264 e. The van der Waals surface area contributed by atoms with E-state index in [1.165, 1.54) is 17.5 Å². The maximum Gasteiger partial charge on any atom is 0.138 e. The van der Waals surface area contributed by atoms with E-state index in [2.05, 4.69) is 60.9 Å². The van der Waals surface area contributed by atoms with E-state index in [4.69, 9.17) is 0 Å². The number of aromatic nitrogens is 4. The number of hydrogen-bond acceptors (Lipinski definition) is 4. The van der Waals surface area contributed by atoms with Crippen LogP contribution in [0.1, 0.15) is 51.4 Å². The van der Waals surface area contributed by atoms with Crippen LogP contribution < -0.4 is 0 Å². The van der Waals surface area contributed by atoms with Crippen LogP contribution in [0.3, 0.4) is 0 Å². The summed E-state index contributed by atoms with van der Waals surface area (Å²) in [6.07, 6.45) is 7.96. The van der Waals surface area contributed by atoms with Crippen LogP contribution in [-0.4, -0.2) is 20.2 Å². The van der Waals surface area contributed by atoms with Gasteiger partial charge in [-0.3, -0.25) is 4.98 Å². The minimum atomic E-state index is -0.0982. The summed E-state index contributed by atoms with van der Waals surface area (Å²) >= 11 is 0. The van der Waals surface area contributed by atoms with Crippen LogP contribution in [0.5, 0.6) is 0 Å². The number of rotatable bonds is 3. The van der Waals surface area contributed by atoms with E-state index in [1.807, 2.05) is 12.4 Å². The summed E-state index contributed by atoms with van der Waals surface area (Å²) in [7, 11) is 0. The summed E-state index contributed by atoms with van der Waals surface area (Å²) < 4.78 is 0. The summed E-state index contributed by atoms with van der Waals surface area (Å²) in [5.41, 5.74) is 3.57. The van der Waals surface area contributed by atoms with Crippen LogP contribution in [-0.2, 0) is 17.3 Å². The molecule has 4 heteroatoms. The molecule has 0 amide bonds. The third kappa shape index (κ3) is 3.18. The van der Waals surface area contributed by atoms with E-state index >= 15 is 0 Å². The third-order valence-corrected chi connectivity index (χ3v) is 3.53. The van der Waals surface area contributed by atoms with Crippen molar-refractivity contribution in [1.82, 2.24) is 20.2 Å². The lowest BCUT2D eigenvalue weighted by molar-refractivity contribution is 0.487. The van der Waals surface area contributed by atoms with Crippen molar-refractivity contribution in [2.45, 2.75) is 51.9 Å². The Morgan fingerprint density at radius 1 is 1.00 bits per heavy atom. The third-order valence-electron chi connectivity index (χ3n) is 3.53. The lowest BCUT2D eigenvalue weighted by atomic mass is 9.77. The van der Waals surface area contributed by atoms with Crippen LogP contribution in [0.15, 0.2) is 31.0 Å². The Morgan fingerprint density at radius 3 is 2.35 bits per heavy atom. The highest BCUT2D eigenvalue weighted by Crippen LogP contribution is 2.31. The zero-order valence-corrected chi connectivity index (χ0v) is 12.9. The highest BCUT2D eigenvalue weighted by molar-refractivity contribution is 5.32. The van der Waals surface area contributed by atoms with Crippen molar-refractivity contribution in [2.24, 2.45) is 0 Å². The Morgan fingerprint density at radius 2 is 1.75 bits per heavy atom. The fourth-order valence-corrected chi connectivity index (χ4v) is 2.46. The first-order valence-corrected chi connectivity index (χ1v) is 6.87. The van der Waals surface area contributed by atoms with Gasteiger partial charge >= 0.3 is 0 Å². The summed E-state index contributed by atoms with van der Waals surface area (Å²) in [5.74, 6) is 0. The van der Waals surface area contributed by atoms with Gasteiger partial charge in [-0.2, -0.15) is 5.10 Å². The molecule has 0 N–H and O–H groups in total. The van der Waals surface area contributed by atoms with Crippen LogP contribution in [0.4, 0.5) is 0 Å². The number of pyridine rings is 1. The second-order valence-electron chi connectivity index (χ2n) is 6.83. The second kappa shape index (κ2) is 5.27. The molecular weight excluding hydrogens is 248 g/mol. The predicted octanol–water partition coefficient (Wildman–Crippen LogP) is 3.08. The van der Waals surface area contributed by atoms with E-state index in [-0.39, 0.29) is 10.8 Å². The number of hydrogen-bond donors (Lipinski definition) is 0. The van der Waals surface area contributed by atoms with Crippen molar-refractivity contribution in [2.75, 3.05) is 0 Å². The smallest absolute Gasteiger partial charge is 0.138 e. The number of nitrogens with zero attached hydrogens (tertiary/aromatic N) is 4. The van der Waals surface area contributed by atoms with Gasteiger partial charge in [0.15, 0.2) is 0 Å². The Balaban J connectivity index is 2.35. The van der Waals surface area contributed by atoms with Gasteiger partial charge in [0.1, 0.15) is 6.33 Å². The molecule has 0 aliphatic heterocycles. The first kappa shape index (κ1) is 14.6. The maximum atomic E-state index is 4.34. The van der Waals surface area contributed by atoms with Gasteiger partial charge in [-0.15, -0.1) is 5.10 Å². The highest BCUT2D eigenvalue weighted by atomic mass is 15.1. The van der Waals surface area contributed by atoms with Crippen LogP contribution in [0.25, 0.3) is 0 Å². The summed E-state index contributed by atoms with van der Waals surface area (Å²) in [6, 6.07) is 2.11. The molecule has 2 heterocycles. The molecular formula is C16H22N4. The molecule has 0 aromatic carbocycles. The molecule has 0 saturated heterocycles. The average Bonchev–Trinajstić information content (AvgIpc) is 2.39. The monoisotopic (exact) mass is 270 g/mol. The van der Waals surface area contributed by atoms with Gasteiger partial charge in [-0.05, 0) is 29.0 Å². The fraction of sp³-hybridized carbons (Fsp3) is 0.500. The lowest BCUT2D eigenvalue weighted by Crippen LogP contribution is -2.25. The highest BCUT2D eigenvalue weighted by Gasteiger charge is 2.27. The minimum Gasteiger partial charge on any atom is -0.264 e. The molecule has 0 fully saturated rings. The molecule has 2 aromatic heterocycles. The van der Waals surface area contributed by atoms with Crippen LogP contribution in [0, 0.1) is 0 Å². The Hall–Kier alpha value is -1.84. The van der Waals surface area contributed by atoms with Crippen molar-refractivity contribution in [3.63, 3.8) is 0 Å². The van der Waals surface area contributed by atoms with E-state index < -0.39 is 0 Å². The molecule has 2 aromatic rings. The van der Waals surface area contributed by atoms with Crippen LogP contribution >= 0.6 is 0 Å². The molecule has 0 aliphatic carbocycles. The van der Waals surface area contributed by atoms with Crippen molar-refractivity contribution in [3.8, 4) is 0 Å². The van der Waals surface area contributed by atoms with Crippen molar-refractivity contribution >= 4 is 0 Å². The average molecular weight is 270 g/mol. The van der Waals surface area contributed by atoms with Gasteiger partial charge in [0, 0.05) is 17.8 Å². The van der Waals surface area contributed by atoms with E-state index in [1.54, 1.807) is 6.20 Å². The zero-order chi connectivity index (χ0) is 14.8. The molecule has 2 rings (SSSR count). The normalized spacial score (nSPS) is 12.4. The van der Waals surface area contributed by atoms with Crippen LogP contribution in [0.2, 0.25) is 0 Å². The van der Waals surface area contributed by atoms with E-state index in [9.17, 15) is 0 Å². The van der Waals surface area contributed by atoms with Gasteiger partial charge in [-0.25, -0.2) is 4.98 Å². The standard InChI is InChI=1S/C16H22N4/c1-15(2,3)13-6-7-17-9-12(13)8-16(4,5)14-10-19-20-11-18-14/h6-7,9-11H,8H2,1-5H3. The molecule has 0 aliphatic rings. The topological polar surface area (TPSA) is 51.6 Å². The van der Waals surface area contributed by atoms with E-state index in [0.717, 1.165) is 12.1 Å². The Bertz CT molecular complexity index is 571. The Labute approximate surface area is 120 Å². The second-order valence-corrected chi connectivity index (χ2v) is 6.83. The quantitative estimate of drug-likeness (QED) is 0.860. The van der Waals surface area contributed by atoms with Gasteiger partial charge in [0.2, 0.25) is 0 Å². The van der Waals surface area contributed by atoms with Crippen molar-refractivity contribution < 1.29 is 0 Å². The molecule has 0 atom stereocenters. The molecule has 4 nitrogen and oxygen atoms in total. The van der Waals surface area contributed by atoms with Crippen molar-refractivity contribution in [3.05, 3.63) is 47.8 Å². The van der Waals surface area contributed by atoms with E-state index in [0.29, 0.717) is 0 Å². The van der Waals surface area contributed by atoms with Crippen molar-refractivity contribution in [1.29, 1.82) is 0 Å². The molecule has 0 bridgehead atoms. The zero-order valence-electron chi connectivity index (χ0n) is 12.9. The molecule has 0 spiro atoms. The summed E-state index contributed by atoms with van der Waals surface area (Å²) in [5, 5.41) is 7.68. The van der Waals surface area contributed by atoms with Gasteiger partial charge in [-0.1, -0.05) is 34.6 Å². The maximum absolute atomic E-state index is 4.34. The van der Waals surface area contributed by atoms with Gasteiger partial charge in [0.25, 0.3) is 0 Å².